The number of hydrogen-bond donors (Lipinski definition) is 3. The highest BCUT2D eigenvalue weighted by Gasteiger charge is 2.21. The normalized spacial score (nSPS) is 14.9. The molecule has 1 heterocycles. The topological polar surface area (TPSA) is 116 Å². The molecule has 0 atom stereocenters. The molecule has 1 saturated heterocycles. The first-order valence-corrected chi connectivity index (χ1v) is 11.7. The molecule has 0 aromatic heterocycles. The maximum absolute atomic E-state index is 12.7. The lowest BCUT2D eigenvalue weighted by molar-refractivity contribution is 0.474. The van der Waals surface area contributed by atoms with Crippen LogP contribution in [0.15, 0.2) is 47.4 Å². The Bertz CT molecular complexity index is 1050. The molecule has 0 spiro atoms. The molecule has 1 aliphatic heterocycles. The van der Waals surface area contributed by atoms with E-state index < -0.39 is 20.0 Å². The highest BCUT2D eigenvalue weighted by Crippen LogP contribution is 2.33. The van der Waals surface area contributed by atoms with Crippen molar-refractivity contribution in [3.8, 4) is 5.75 Å². The molecule has 10 heteroatoms. The predicted molar refractivity (Wildman–Crippen MR) is 105 cm³/mol. The van der Waals surface area contributed by atoms with Gasteiger partial charge in [0.15, 0.2) is 0 Å². The van der Waals surface area contributed by atoms with Gasteiger partial charge in [-0.25, -0.2) is 16.8 Å². The molecule has 0 radical (unpaired) electrons. The van der Waals surface area contributed by atoms with E-state index in [0.29, 0.717) is 5.69 Å². The van der Waals surface area contributed by atoms with Gasteiger partial charge in [0.05, 0.1) is 28.2 Å². The summed E-state index contributed by atoms with van der Waals surface area (Å²) in [6.45, 7) is 1.54. The maximum Gasteiger partial charge on any atom is 0.261 e. The van der Waals surface area contributed by atoms with Crippen LogP contribution in [-0.4, -0.2) is 41.3 Å². The number of nitrogens with zero attached hydrogens (tertiary/aromatic N) is 1. The summed E-state index contributed by atoms with van der Waals surface area (Å²) in [6.07, 6.45) is 3.00. The third-order valence-electron chi connectivity index (χ3n) is 4.12. The van der Waals surface area contributed by atoms with Crippen LogP contribution in [0, 0.1) is 0 Å². The molecule has 3 rings (SSSR count). The Hall–Kier alpha value is -2.46. The van der Waals surface area contributed by atoms with Crippen molar-refractivity contribution in [3.05, 3.63) is 42.5 Å². The lowest BCUT2D eigenvalue weighted by Crippen LogP contribution is -2.19. The van der Waals surface area contributed by atoms with Gasteiger partial charge in [-0.3, -0.25) is 9.44 Å². The van der Waals surface area contributed by atoms with Crippen molar-refractivity contribution in [2.24, 2.45) is 0 Å². The minimum Gasteiger partial charge on any atom is -0.506 e. The average Bonchev–Trinajstić information content (AvgIpc) is 3.07. The van der Waals surface area contributed by atoms with Crippen LogP contribution in [-0.2, 0) is 20.0 Å². The Morgan fingerprint density at radius 1 is 0.926 bits per heavy atom. The van der Waals surface area contributed by atoms with Gasteiger partial charge in [0.1, 0.15) is 5.75 Å². The number of benzene rings is 2. The molecule has 1 aliphatic rings. The van der Waals surface area contributed by atoms with E-state index in [1.165, 1.54) is 42.5 Å². The summed E-state index contributed by atoms with van der Waals surface area (Å²) < 4.78 is 52.9. The number of phenols is 1. The van der Waals surface area contributed by atoms with Crippen LogP contribution in [0.1, 0.15) is 12.8 Å². The maximum atomic E-state index is 12.7. The zero-order valence-electron chi connectivity index (χ0n) is 14.7. The van der Waals surface area contributed by atoms with Crippen molar-refractivity contribution < 1.29 is 21.9 Å². The smallest absolute Gasteiger partial charge is 0.261 e. The predicted octanol–water partition coefficient (Wildman–Crippen LogP) is 2.16. The van der Waals surface area contributed by atoms with Gasteiger partial charge >= 0.3 is 0 Å². The fourth-order valence-corrected chi connectivity index (χ4v) is 4.58. The number of aromatic hydroxyl groups is 1. The van der Waals surface area contributed by atoms with Gasteiger partial charge in [-0.15, -0.1) is 0 Å². The molecule has 146 valence electrons. The van der Waals surface area contributed by atoms with Gasteiger partial charge < -0.3 is 10.0 Å². The molecule has 2 aromatic carbocycles. The molecule has 3 N–H and O–H groups in total. The van der Waals surface area contributed by atoms with E-state index in [9.17, 15) is 21.9 Å². The minimum absolute atomic E-state index is 0.0173. The molecular weight excluding hydrogens is 390 g/mol. The monoisotopic (exact) mass is 411 g/mol. The Balaban J connectivity index is 1.87. The molecule has 0 amide bonds. The minimum atomic E-state index is -3.91. The van der Waals surface area contributed by atoms with Crippen LogP contribution in [0.4, 0.5) is 17.1 Å². The van der Waals surface area contributed by atoms with Crippen LogP contribution in [0.25, 0.3) is 0 Å². The van der Waals surface area contributed by atoms with E-state index in [0.717, 1.165) is 32.2 Å². The van der Waals surface area contributed by atoms with E-state index in [4.69, 9.17) is 0 Å². The van der Waals surface area contributed by atoms with Crippen LogP contribution in [0.2, 0.25) is 0 Å². The number of hydrogen-bond acceptors (Lipinski definition) is 6. The molecule has 8 nitrogen and oxygen atoms in total. The Morgan fingerprint density at radius 3 is 2.19 bits per heavy atom. The fraction of sp³-hybridized carbons (Fsp3) is 0.294. The largest absolute Gasteiger partial charge is 0.506 e. The molecule has 27 heavy (non-hydrogen) atoms. The van der Waals surface area contributed by atoms with Crippen molar-refractivity contribution in [1.29, 1.82) is 0 Å². The first-order valence-electron chi connectivity index (χ1n) is 8.33. The van der Waals surface area contributed by atoms with Crippen LogP contribution in [0.3, 0.4) is 0 Å². The summed E-state index contributed by atoms with van der Waals surface area (Å²) in [5, 5.41) is 10.1. The number of rotatable bonds is 6. The number of sulfonamides is 2. The second-order valence-electron chi connectivity index (χ2n) is 6.41. The van der Waals surface area contributed by atoms with E-state index in [1.54, 1.807) is 0 Å². The molecule has 0 bridgehead atoms. The number of anilines is 3. The average molecular weight is 412 g/mol. The van der Waals surface area contributed by atoms with Gasteiger partial charge in [-0.2, -0.15) is 0 Å². The highest BCUT2D eigenvalue weighted by molar-refractivity contribution is 7.92. The van der Waals surface area contributed by atoms with Crippen molar-refractivity contribution in [3.63, 3.8) is 0 Å². The van der Waals surface area contributed by atoms with Gasteiger partial charge in [-0.1, -0.05) is 6.07 Å². The standard InChI is InChI=1S/C17H21N3O5S2/c1-26(22,23)18-13-5-4-6-14(11-13)19-27(24,25)15-7-8-17(21)16(12-15)20-9-2-3-10-20/h4-8,11-12,18-19,21H,2-3,9-10H2,1H3. The second-order valence-corrected chi connectivity index (χ2v) is 9.84. The van der Waals surface area contributed by atoms with Crippen LogP contribution < -0.4 is 14.3 Å². The number of nitrogens with one attached hydrogen (secondary N) is 2. The molecule has 0 saturated carbocycles. The van der Waals surface area contributed by atoms with Gasteiger partial charge in [-0.05, 0) is 49.2 Å². The Kier molecular flexibility index (Phi) is 5.20. The molecule has 1 fully saturated rings. The van der Waals surface area contributed by atoms with Crippen LogP contribution in [0.5, 0.6) is 5.75 Å². The second kappa shape index (κ2) is 7.28. The lowest BCUT2D eigenvalue weighted by atomic mass is 10.2. The molecular formula is C17H21N3O5S2. The fourth-order valence-electron chi connectivity index (χ4n) is 2.96. The quantitative estimate of drug-likeness (QED) is 0.671. The summed E-state index contributed by atoms with van der Waals surface area (Å²) in [5.41, 5.74) is 0.962. The molecule has 0 unspecified atom stereocenters. The van der Waals surface area contributed by atoms with Gasteiger partial charge in [0.2, 0.25) is 10.0 Å². The van der Waals surface area contributed by atoms with Gasteiger partial charge in [0.25, 0.3) is 10.0 Å². The zero-order valence-corrected chi connectivity index (χ0v) is 16.3. The number of phenolic OH excluding ortho intramolecular Hbond substituents is 1. The van der Waals surface area contributed by atoms with Crippen molar-refractivity contribution in [1.82, 2.24) is 0 Å². The summed E-state index contributed by atoms with van der Waals surface area (Å²) in [5.74, 6) is 0.0372. The first kappa shape index (κ1) is 19.3. The zero-order chi connectivity index (χ0) is 19.7. The van der Waals surface area contributed by atoms with Crippen molar-refractivity contribution >= 4 is 37.1 Å². The summed E-state index contributed by atoms with van der Waals surface area (Å²) >= 11 is 0. The molecule has 0 aliphatic carbocycles. The van der Waals surface area contributed by atoms with E-state index >= 15 is 0 Å². The third-order valence-corrected chi connectivity index (χ3v) is 6.11. The van der Waals surface area contributed by atoms with Gasteiger partial charge in [0, 0.05) is 13.1 Å². The third kappa shape index (κ3) is 4.83. The summed E-state index contributed by atoms with van der Waals surface area (Å²) in [7, 11) is -7.38. The Morgan fingerprint density at radius 2 is 1.56 bits per heavy atom. The van der Waals surface area contributed by atoms with Crippen molar-refractivity contribution in [2.45, 2.75) is 17.7 Å². The molecule has 2 aromatic rings. The Labute approximate surface area is 158 Å². The summed E-state index contributed by atoms with van der Waals surface area (Å²) in [6, 6.07) is 10.1. The van der Waals surface area contributed by atoms with Crippen molar-refractivity contribution in [2.75, 3.05) is 33.7 Å². The first-order chi connectivity index (χ1) is 12.6. The highest BCUT2D eigenvalue weighted by atomic mass is 32.2. The lowest BCUT2D eigenvalue weighted by Gasteiger charge is -2.20. The summed E-state index contributed by atoms with van der Waals surface area (Å²) in [4.78, 5) is 1.97. The van der Waals surface area contributed by atoms with E-state index in [1.807, 2.05) is 4.90 Å². The van der Waals surface area contributed by atoms with E-state index in [2.05, 4.69) is 9.44 Å². The van der Waals surface area contributed by atoms with E-state index in [-0.39, 0.29) is 22.0 Å². The van der Waals surface area contributed by atoms with Crippen LogP contribution >= 0.6 is 0 Å². The SMILES string of the molecule is CS(=O)(=O)Nc1cccc(NS(=O)(=O)c2ccc(O)c(N3CCCC3)c2)c1.